The monoisotopic (exact) mass is 343 g/mol. The second-order valence-corrected chi connectivity index (χ2v) is 6.32. The minimum Gasteiger partial charge on any atom is -0.389 e. The van der Waals surface area contributed by atoms with Gasteiger partial charge in [-0.15, -0.1) is 0 Å². The summed E-state index contributed by atoms with van der Waals surface area (Å²) in [6.07, 6.45) is 1.26. The molecule has 0 aliphatic heterocycles. The molecule has 4 rings (SSSR count). The number of fused-ring (bicyclic) bond motifs is 1. The van der Waals surface area contributed by atoms with Crippen molar-refractivity contribution in [2.24, 2.45) is 0 Å². The SMILES string of the molecule is O[C@H](CN(c1ccccc1)c1ccccc1)Cn1cnc2ccccc21. The number of benzene rings is 3. The maximum absolute atomic E-state index is 10.8. The molecule has 0 spiro atoms. The molecule has 0 aliphatic carbocycles. The maximum atomic E-state index is 10.8. The van der Waals surface area contributed by atoms with Crippen molar-refractivity contribution in [2.75, 3.05) is 11.4 Å². The standard InChI is InChI=1S/C22H21N3O/c26-20(15-24-17-23-21-13-7-8-14-22(21)24)16-25(18-9-3-1-4-10-18)19-11-5-2-6-12-19/h1-14,17,20,26H,15-16H2/t20-/m0/s1. The van der Waals surface area contributed by atoms with Crippen LogP contribution in [0, 0.1) is 0 Å². The molecule has 0 amide bonds. The molecule has 0 fully saturated rings. The molecule has 0 bridgehead atoms. The van der Waals surface area contributed by atoms with Crippen LogP contribution in [0.1, 0.15) is 0 Å². The Morgan fingerprint density at radius 2 is 1.38 bits per heavy atom. The first kappa shape index (κ1) is 16.4. The summed E-state index contributed by atoms with van der Waals surface area (Å²) in [6.45, 7) is 0.997. The summed E-state index contributed by atoms with van der Waals surface area (Å²) in [5.74, 6) is 0. The van der Waals surface area contributed by atoms with E-state index in [0.29, 0.717) is 13.1 Å². The molecule has 130 valence electrons. The first-order valence-corrected chi connectivity index (χ1v) is 8.77. The van der Waals surface area contributed by atoms with Gasteiger partial charge in [0.05, 0.1) is 36.6 Å². The zero-order valence-electron chi connectivity index (χ0n) is 14.4. The normalized spacial score (nSPS) is 12.2. The highest BCUT2D eigenvalue weighted by atomic mass is 16.3. The molecule has 0 saturated carbocycles. The van der Waals surface area contributed by atoms with Gasteiger partial charge in [0.2, 0.25) is 0 Å². The second kappa shape index (κ2) is 7.42. The number of aliphatic hydroxyl groups is 1. The molecule has 1 aromatic heterocycles. The Morgan fingerprint density at radius 3 is 2.04 bits per heavy atom. The largest absolute Gasteiger partial charge is 0.389 e. The van der Waals surface area contributed by atoms with E-state index in [2.05, 4.69) is 34.1 Å². The van der Waals surface area contributed by atoms with E-state index in [1.54, 1.807) is 6.33 Å². The predicted octanol–water partition coefficient (Wildman–Crippen LogP) is 4.24. The Balaban J connectivity index is 1.57. The van der Waals surface area contributed by atoms with Crippen LogP contribution in [-0.4, -0.2) is 27.3 Å². The van der Waals surface area contributed by atoms with Gasteiger partial charge in [0, 0.05) is 11.4 Å². The maximum Gasteiger partial charge on any atom is 0.0959 e. The minimum absolute atomic E-state index is 0.497. The van der Waals surface area contributed by atoms with Crippen molar-refractivity contribution < 1.29 is 5.11 Å². The molecule has 26 heavy (non-hydrogen) atoms. The topological polar surface area (TPSA) is 41.3 Å². The van der Waals surface area contributed by atoms with Gasteiger partial charge < -0.3 is 14.6 Å². The fourth-order valence-electron chi connectivity index (χ4n) is 3.23. The fourth-order valence-corrected chi connectivity index (χ4v) is 3.23. The third kappa shape index (κ3) is 3.46. The lowest BCUT2D eigenvalue weighted by Gasteiger charge is -2.27. The molecule has 4 nitrogen and oxygen atoms in total. The first-order chi connectivity index (χ1) is 12.8. The molecule has 0 radical (unpaired) electrons. The molecule has 3 aromatic carbocycles. The summed E-state index contributed by atoms with van der Waals surface area (Å²) in [5.41, 5.74) is 4.11. The fraction of sp³-hybridized carbons (Fsp3) is 0.136. The lowest BCUT2D eigenvalue weighted by atomic mass is 10.2. The van der Waals surface area contributed by atoms with E-state index in [0.717, 1.165) is 22.4 Å². The lowest BCUT2D eigenvalue weighted by Crippen LogP contribution is -2.31. The summed E-state index contributed by atoms with van der Waals surface area (Å²) < 4.78 is 2.01. The van der Waals surface area contributed by atoms with Crippen molar-refractivity contribution in [3.05, 3.63) is 91.3 Å². The zero-order valence-corrected chi connectivity index (χ0v) is 14.4. The van der Waals surface area contributed by atoms with Gasteiger partial charge in [0.1, 0.15) is 0 Å². The highest BCUT2D eigenvalue weighted by molar-refractivity contribution is 5.74. The van der Waals surface area contributed by atoms with Gasteiger partial charge >= 0.3 is 0 Å². The summed E-state index contributed by atoms with van der Waals surface area (Å²) >= 11 is 0. The van der Waals surface area contributed by atoms with Crippen LogP contribution in [0.4, 0.5) is 11.4 Å². The van der Waals surface area contributed by atoms with Crippen molar-refractivity contribution in [2.45, 2.75) is 12.6 Å². The summed E-state index contributed by atoms with van der Waals surface area (Å²) in [7, 11) is 0. The Kier molecular flexibility index (Phi) is 4.67. The molecule has 4 aromatic rings. The molecule has 0 aliphatic rings. The van der Waals surface area contributed by atoms with Crippen molar-refractivity contribution in [1.29, 1.82) is 0 Å². The van der Waals surface area contributed by atoms with Gasteiger partial charge in [-0.2, -0.15) is 0 Å². The number of rotatable bonds is 6. The van der Waals surface area contributed by atoms with Crippen LogP contribution in [0.5, 0.6) is 0 Å². The predicted molar refractivity (Wildman–Crippen MR) is 106 cm³/mol. The highest BCUT2D eigenvalue weighted by Crippen LogP contribution is 2.25. The van der Waals surface area contributed by atoms with Gasteiger partial charge in [-0.25, -0.2) is 4.98 Å². The van der Waals surface area contributed by atoms with E-state index in [4.69, 9.17) is 0 Å². The Morgan fingerprint density at radius 1 is 0.808 bits per heavy atom. The van der Waals surface area contributed by atoms with Crippen LogP contribution in [0.3, 0.4) is 0 Å². The number of aliphatic hydroxyl groups excluding tert-OH is 1. The van der Waals surface area contributed by atoms with Gasteiger partial charge in [-0.3, -0.25) is 0 Å². The molecule has 1 N–H and O–H groups in total. The number of nitrogens with zero attached hydrogens (tertiary/aromatic N) is 3. The zero-order chi connectivity index (χ0) is 17.8. The van der Waals surface area contributed by atoms with Crippen LogP contribution in [0.25, 0.3) is 11.0 Å². The van der Waals surface area contributed by atoms with E-state index in [9.17, 15) is 5.11 Å². The average molecular weight is 343 g/mol. The van der Waals surface area contributed by atoms with Crippen LogP contribution >= 0.6 is 0 Å². The molecule has 4 heteroatoms. The van der Waals surface area contributed by atoms with Crippen LogP contribution in [0.15, 0.2) is 91.3 Å². The highest BCUT2D eigenvalue weighted by Gasteiger charge is 2.15. The smallest absolute Gasteiger partial charge is 0.0959 e. The third-order valence-electron chi connectivity index (χ3n) is 4.46. The number of aromatic nitrogens is 2. The van der Waals surface area contributed by atoms with E-state index in [1.807, 2.05) is 65.2 Å². The molecular formula is C22H21N3O. The minimum atomic E-state index is -0.534. The summed E-state index contributed by atoms with van der Waals surface area (Å²) in [5, 5.41) is 10.8. The third-order valence-corrected chi connectivity index (χ3v) is 4.46. The van der Waals surface area contributed by atoms with Crippen LogP contribution in [0.2, 0.25) is 0 Å². The van der Waals surface area contributed by atoms with Crippen molar-refractivity contribution in [3.8, 4) is 0 Å². The quantitative estimate of drug-likeness (QED) is 0.569. The van der Waals surface area contributed by atoms with Gasteiger partial charge in [-0.05, 0) is 36.4 Å². The Bertz CT molecular complexity index is 927. The van der Waals surface area contributed by atoms with Crippen LogP contribution < -0.4 is 4.90 Å². The van der Waals surface area contributed by atoms with E-state index < -0.39 is 6.10 Å². The summed E-state index contributed by atoms with van der Waals surface area (Å²) in [6, 6.07) is 28.3. The van der Waals surface area contributed by atoms with E-state index in [1.165, 1.54) is 0 Å². The van der Waals surface area contributed by atoms with Crippen LogP contribution in [-0.2, 0) is 6.54 Å². The van der Waals surface area contributed by atoms with Gasteiger partial charge in [0.15, 0.2) is 0 Å². The molecule has 1 heterocycles. The molecule has 0 unspecified atom stereocenters. The average Bonchev–Trinajstić information content (AvgIpc) is 3.10. The number of hydrogen-bond acceptors (Lipinski definition) is 3. The first-order valence-electron chi connectivity index (χ1n) is 8.77. The molecule has 1 atom stereocenters. The van der Waals surface area contributed by atoms with Crippen molar-refractivity contribution in [3.63, 3.8) is 0 Å². The number of imidazole rings is 1. The summed E-state index contributed by atoms with van der Waals surface area (Å²) in [4.78, 5) is 6.55. The number of hydrogen-bond donors (Lipinski definition) is 1. The lowest BCUT2D eigenvalue weighted by molar-refractivity contribution is 0.163. The van der Waals surface area contributed by atoms with Crippen molar-refractivity contribution in [1.82, 2.24) is 9.55 Å². The second-order valence-electron chi connectivity index (χ2n) is 6.32. The van der Waals surface area contributed by atoms with Crippen molar-refractivity contribution >= 4 is 22.4 Å². The van der Waals surface area contributed by atoms with Gasteiger partial charge in [-0.1, -0.05) is 48.5 Å². The number of para-hydroxylation sites is 4. The Labute approximate surface area is 153 Å². The van der Waals surface area contributed by atoms with Gasteiger partial charge in [0.25, 0.3) is 0 Å². The number of anilines is 2. The molecule has 0 saturated heterocycles. The Hall–Kier alpha value is -3.11. The van der Waals surface area contributed by atoms with E-state index >= 15 is 0 Å². The molecular weight excluding hydrogens is 322 g/mol. The van der Waals surface area contributed by atoms with E-state index in [-0.39, 0.29) is 0 Å².